The van der Waals surface area contributed by atoms with Gasteiger partial charge >= 0.3 is 0 Å². The molecule has 1 aromatic heterocycles. The lowest BCUT2D eigenvalue weighted by molar-refractivity contribution is 1.25. The summed E-state index contributed by atoms with van der Waals surface area (Å²) in [6.45, 7) is 8.95. The summed E-state index contributed by atoms with van der Waals surface area (Å²) in [5.74, 6) is 0. The Labute approximate surface area is 343 Å². The third-order valence-electron chi connectivity index (χ3n) is 12.6. The largest absolute Gasteiger partial charge is 0.311 e. The van der Waals surface area contributed by atoms with E-state index >= 15 is 0 Å². The predicted octanol–water partition coefficient (Wildman–Crippen LogP) is 13.3. The van der Waals surface area contributed by atoms with Crippen LogP contribution in [0.25, 0.3) is 53.5 Å². The first-order valence-corrected chi connectivity index (χ1v) is 21.1. The summed E-state index contributed by atoms with van der Waals surface area (Å²) in [5, 5.41) is 9.06. The van der Waals surface area contributed by atoms with Gasteiger partial charge in [-0.05, 0) is 131 Å². The van der Waals surface area contributed by atoms with Crippen molar-refractivity contribution in [1.29, 1.82) is 0 Å². The van der Waals surface area contributed by atoms with Crippen LogP contribution in [0.3, 0.4) is 0 Å². The second-order valence-corrected chi connectivity index (χ2v) is 17.4. The van der Waals surface area contributed by atoms with E-state index in [-0.39, 0.29) is 6.71 Å². The Balaban J connectivity index is 1.18. The van der Waals surface area contributed by atoms with E-state index in [1.165, 1.54) is 126 Å². The van der Waals surface area contributed by atoms with E-state index in [9.17, 15) is 0 Å². The molecule has 10 aromatic rings. The minimum absolute atomic E-state index is 0.0912. The maximum atomic E-state index is 2.58. The lowest BCUT2D eigenvalue weighted by Crippen LogP contribution is -2.60. The molecule has 0 fully saturated rings. The number of thiophene rings is 1. The summed E-state index contributed by atoms with van der Waals surface area (Å²) < 4.78 is 2.74. The van der Waals surface area contributed by atoms with Crippen LogP contribution >= 0.6 is 11.3 Å². The van der Waals surface area contributed by atoms with Crippen molar-refractivity contribution in [2.45, 2.75) is 27.7 Å². The Morgan fingerprint density at radius 2 is 0.983 bits per heavy atom. The van der Waals surface area contributed by atoms with Crippen LogP contribution in [0.1, 0.15) is 22.3 Å². The molecule has 274 valence electrons. The maximum Gasteiger partial charge on any atom is 0.264 e. The van der Waals surface area contributed by atoms with Crippen molar-refractivity contribution in [3.63, 3.8) is 0 Å². The van der Waals surface area contributed by atoms with Crippen molar-refractivity contribution in [2.75, 3.05) is 9.80 Å². The number of hydrogen-bond donors (Lipinski definition) is 0. The van der Waals surface area contributed by atoms with E-state index in [0.29, 0.717) is 0 Å². The first-order valence-electron chi connectivity index (χ1n) is 20.3. The molecule has 4 heteroatoms. The highest BCUT2D eigenvalue weighted by Crippen LogP contribution is 2.50. The van der Waals surface area contributed by atoms with E-state index in [4.69, 9.17) is 0 Å². The van der Waals surface area contributed by atoms with Gasteiger partial charge in [0.05, 0.1) is 11.4 Å². The molecular weight excluding hydrogens is 719 g/mol. The van der Waals surface area contributed by atoms with Crippen molar-refractivity contribution in [1.82, 2.24) is 0 Å². The number of aryl methyl sites for hydroxylation is 4. The summed E-state index contributed by atoms with van der Waals surface area (Å²) in [6, 6.07) is 62.0. The van der Waals surface area contributed by atoms with Gasteiger partial charge in [-0.15, -0.1) is 11.3 Å². The van der Waals surface area contributed by atoms with Gasteiger partial charge < -0.3 is 9.80 Å². The first-order chi connectivity index (χ1) is 28.4. The molecule has 12 rings (SSSR count). The van der Waals surface area contributed by atoms with Gasteiger partial charge in [-0.3, -0.25) is 0 Å². The minimum atomic E-state index is 0.0912. The van der Waals surface area contributed by atoms with Gasteiger partial charge in [0.15, 0.2) is 0 Å². The van der Waals surface area contributed by atoms with E-state index in [1.807, 2.05) is 11.3 Å². The van der Waals surface area contributed by atoms with Crippen LogP contribution in [0.5, 0.6) is 0 Å². The number of rotatable bonds is 3. The monoisotopic (exact) mass is 758 g/mol. The zero-order chi connectivity index (χ0) is 38.8. The smallest absolute Gasteiger partial charge is 0.264 e. The summed E-state index contributed by atoms with van der Waals surface area (Å²) in [6.07, 6.45) is 0. The topological polar surface area (TPSA) is 6.48 Å². The zero-order valence-electron chi connectivity index (χ0n) is 33.0. The Kier molecular flexibility index (Phi) is 7.19. The molecule has 2 aliphatic rings. The van der Waals surface area contributed by atoms with Gasteiger partial charge in [0.25, 0.3) is 6.71 Å². The SMILES string of the molecule is Cc1ccc(N2c3cccc4c3B(c3cc(C)ccc3N4c3ccc(C)cc3-c3cccc4c5ccccc5c5ccccc5c34)c3sc4ccc(C)cc4c32)cc1. The van der Waals surface area contributed by atoms with Gasteiger partial charge in [0, 0.05) is 43.2 Å². The van der Waals surface area contributed by atoms with Crippen molar-refractivity contribution < 1.29 is 0 Å². The van der Waals surface area contributed by atoms with Crippen molar-refractivity contribution in [3.05, 3.63) is 186 Å². The molecule has 0 saturated carbocycles. The predicted molar refractivity (Wildman–Crippen MR) is 253 cm³/mol. The molecule has 0 radical (unpaired) electrons. The fourth-order valence-corrected chi connectivity index (χ4v) is 11.4. The Bertz CT molecular complexity index is 3310. The number of nitrogens with zero attached hydrogens (tertiary/aromatic N) is 2. The molecule has 0 unspecified atom stereocenters. The van der Waals surface area contributed by atoms with Crippen LogP contribution in [0.15, 0.2) is 164 Å². The second-order valence-electron chi connectivity index (χ2n) is 16.4. The molecule has 9 aromatic carbocycles. The summed E-state index contributed by atoms with van der Waals surface area (Å²) in [7, 11) is 0. The molecule has 0 bridgehead atoms. The molecule has 58 heavy (non-hydrogen) atoms. The van der Waals surface area contributed by atoms with Crippen LogP contribution in [-0.4, -0.2) is 6.71 Å². The molecule has 0 aliphatic carbocycles. The van der Waals surface area contributed by atoms with Gasteiger partial charge in [0.1, 0.15) is 0 Å². The van der Waals surface area contributed by atoms with E-state index in [1.54, 1.807) is 0 Å². The van der Waals surface area contributed by atoms with E-state index in [0.717, 1.165) is 0 Å². The van der Waals surface area contributed by atoms with Crippen molar-refractivity contribution in [3.8, 4) is 11.1 Å². The van der Waals surface area contributed by atoms with Gasteiger partial charge in [-0.25, -0.2) is 0 Å². The van der Waals surface area contributed by atoms with Crippen molar-refractivity contribution >= 4 is 110 Å². The molecule has 0 spiro atoms. The van der Waals surface area contributed by atoms with Crippen LogP contribution in [0.2, 0.25) is 0 Å². The van der Waals surface area contributed by atoms with Crippen molar-refractivity contribution in [2.24, 2.45) is 0 Å². The van der Waals surface area contributed by atoms with Crippen LogP contribution in [0.4, 0.5) is 34.1 Å². The number of fused-ring (bicyclic) bond motifs is 12. The average Bonchev–Trinajstić information content (AvgIpc) is 3.62. The molecular formula is C54H39BN2S. The number of benzene rings is 9. The Hall–Kier alpha value is -6.62. The van der Waals surface area contributed by atoms with Gasteiger partial charge in [0.2, 0.25) is 0 Å². The number of hydrogen-bond acceptors (Lipinski definition) is 3. The quantitative estimate of drug-likeness (QED) is 0.131. The fourth-order valence-electron chi connectivity index (χ4n) is 10.1. The third-order valence-corrected chi connectivity index (χ3v) is 13.9. The summed E-state index contributed by atoms with van der Waals surface area (Å²) in [5.41, 5.74) is 17.7. The number of anilines is 6. The van der Waals surface area contributed by atoms with Gasteiger partial charge in [-0.2, -0.15) is 0 Å². The minimum Gasteiger partial charge on any atom is -0.311 e. The Morgan fingerprint density at radius 3 is 1.72 bits per heavy atom. The third kappa shape index (κ3) is 4.73. The Morgan fingerprint density at radius 1 is 0.414 bits per heavy atom. The highest BCUT2D eigenvalue weighted by molar-refractivity contribution is 7.33. The fraction of sp³-hybridized carbons (Fsp3) is 0.0741. The molecule has 0 saturated heterocycles. The lowest BCUT2D eigenvalue weighted by atomic mass is 9.36. The highest BCUT2D eigenvalue weighted by Gasteiger charge is 2.45. The average molecular weight is 759 g/mol. The molecule has 2 aliphatic heterocycles. The lowest BCUT2D eigenvalue weighted by Gasteiger charge is -2.43. The van der Waals surface area contributed by atoms with Crippen LogP contribution in [-0.2, 0) is 0 Å². The highest BCUT2D eigenvalue weighted by atomic mass is 32.1. The standard InChI is InChI=1S/C54H39BN2S/c1-32-19-24-36(25-20-32)56-48-17-10-18-49-52(48)55(54-53(56)44-30-34(3)23-28-50(44)58-54)45-31-35(4)22-27-47(45)57(49)46-26-21-33(2)29-43(46)42-16-9-15-41-39-12-6-5-11-37(39)38-13-7-8-14-40(38)51(41)42/h5-31H,1-4H3. The van der Waals surface area contributed by atoms with Crippen LogP contribution < -0.4 is 25.5 Å². The summed E-state index contributed by atoms with van der Waals surface area (Å²) >= 11 is 1.96. The second kappa shape index (κ2) is 12.4. The van der Waals surface area contributed by atoms with E-state index in [2.05, 4.69) is 201 Å². The molecule has 0 N–H and O–H groups in total. The van der Waals surface area contributed by atoms with Crippen LogP contribution in [0, 0.1) is 27.7 Å². The normalized spacial score (nSPS) is 13.1. The molecule has 2 nitrogen and oxygen atoms in total. The molecule has 0 atom stereocenters. The first kappa shape index (κ1) is 33.5. The maximum absolute atomic E-state index is 2.58. The van der Waals surface area contributed by atoms with E-state index < -0.39 is 0 Å². The summed E-state index contributed by atoms with van der Waals surface area (Å²) in [4.78, 5) is 5.14. The van der Waals surface area contributed by atoms with Gasteiger partial charge in [-0.1, -0.05) is 131 Å². The molecule has 0 amide bonds. The zero-order valence-corrected chi connectivity index (χ0v) is 33.8. The molecule has 3 heterocycles.